The lowest BCUT2D eigenvalue weighted by Gasteiger charge is -2.23. The number of halogens is 3. The van der Waals surface area contributed by atoms with Gasteiger partial charge in [-0.3, -0.25) is 4.55 Å². The monoisotopic (exact) mass is 392 g/mol. The zero-order valence-electron chi connectivity index (χ0n) is 13.9. The van der Waals surface area contributed by atoms with E-state index in [0.717, 1.165) is 12.1 Å². The van der Waals surface area contributed by atoms with Crippen molar-refractivity contribution >= 4 is 10.1 Å². The Balaban J connectivity index is 2.30. The molecule has 0 radical (unpaired) electrons. The first-order valence-corrected chi connectivity index (χ1v) is 9.40. The molecule has 0 aromatic heterocycles. The van der Waals surface area contributed by atoms with E-state index in [9.17, 15) is 21.6 Å². The van der Waals surface area contributed by atoms with Gasteiger partial charge in [-0.25, -0.2) is 0 Å². The van der Waals surface area contributed by atoms with E-state index in [1.165, 1.54) is 0 Å². The highest BCUT2D eigenvalue weighted by atomic mass is 32.2. The predicted octanol–water partition coefficient (Wildman–Crippen LogP) is 5.13. The standard InChI is InChI=1S/C20H15F3O3S/c21-20(22,23)18-13-16(27(24,25)26)11-12-17(18)19(14-7-3-1-4-8-14)15-9-5-2-6-10-15/h1-13,19H,(H,24,25,26). The minimum Gasteiger partial charge on any atom is -0.282 e. The van der Waals surface area contributed by atoms with Crippen molar-refractivity contribution in [3.8, 4) is 0 Å². The van der Waals surface area contributed by atoms with Gasteiger partial charge in [0.1, 0.15) is 0 Å². The molecule has 7 heteroatoms. The minimum atomic E-state index is -4.79. The van der Waals surface area contributed by atoms with E-state index in [4.69, 9.17) is 4.55 Å². The van der Waals surface area contributed by atoms with Crippen LogP contribution in [0.5, 0.6) is 0 Å². The van der Waals surface area contributed by atoms with Crippen molar-refractivity contribution < 1.29 is 26.1 Å². The highest BCUT2D eigenvalue weighted by Gasteiger charge is 2.37. The highest BCUT2D eigenvalue weighted by Crippen LogP contribution is 2.41. The Hall–Kier alpha value is -2.64. The van der Waals surface area contributed by atoms with E-state index >= 15 is 0 Å². The van der Waals surface area contributed by atoms with Crippen molar-refractivity contribution in [1.82, 2.24) is 0 Å². The summed E-state index contributed by atoms with van der Waals surface area (Å²) >= 11 is 0. The second-order valence-corrected chi connectivity index (χ2v) is 7.40. The molecule has 0 amide bonds. The van der Waals surface area contributed by atoms with Gasteiger partial charge in [-0.15, -0.1) is 0 Å². The van der Waals surface area contributed by atoms with Gasteiger partial charge < -0.3 is 0 Å². The van der Waals surface area contributed by atoms with Crippen molar-refractivity contribution in [3.05, 3.63) is 101 Å². The van der Waals surface area contributed by atoms with Crippen molar-refractivity contribution in [2.24, 2.45) is 0 Å². The van der Waals surface area contributed by atoms with E-state index in [0.29, 0.717) is 17.2 Å². The van der Waals surface area contributed by atoms with E-state index in [1.807, 2.05) is 0 Å². The first-order valence-electron chi connectivity index (χ1n) is 7.96. The molecule has 3 rings (SSSR count). The Bertz CT molecular complexity index is 992. The van der Waals surface area contributed by atoms with Gasteiger partial charge in [0.05, 0.1) is 10.5 Å². The normalized spacial score (nSPS) is 12.3. The molecule has 0 saturated heterocycles. The highest BCUT2D eigenvalue weighted by molar-refractivity contribution is 7.85. The van der Waals surface area contributed by atoms with E-state index in [2.05, 4.69) is 0 Å². The van der Waals surface area contributed by atoms with E-state index in [-0.39, 0.29) is 5.56 Å². The van der Waals surface area contributed by atoms with Crippen LogP contribution >= 0.6 is 0 Å². The molecule has 0 heterocycles. The van der Waals surface area contributed by atoms with E-state index in [1.54, 1.807) is 60.7 Å². The van der Waals surface area contributed by atoms with Crippen LogP contribution in [0.3, 0.4) is 0 Å². The van der Waals surface area contributed by atoms with Crippen molar-refractivity contribution in [3.63, 3.8) is 0 Å². The Morgan fingerprint density at radius 3 is 1.67 bits per heavy atom. The second-order valence-electron chi connectivity index (χ2n) is 5.98. The van der Waals surface area contributed by atoms with Crippen molar-refractivity contribution in [2.45, 2.75) is 17.0 Å². The van der Waals surface area contributed by atoms with Gasteiger partial charge in [0.2, 0.25) is 0 Å². The van der Waals surface area contributed by atoms with Gasteiger partial charge in [0.15, 0.2) is 0 Å². The molecule has 0 aliphatic heterocycles. The maximum atomic E-state index is 13.7. The average Bonchev–Trinajstić information content (AvgIpc) is 2.62. The minimum absolute atomic E-state index is 0.0905. The van der Waals surface area contributed by atoms with Gasteiger partial charge in [-0.05, 0) is 28.8 Å². The second kappa shape index (κ2) is 7.17. The molecule has 0 unspecified atom stereocenters. The van der Waals surface area contributed by atoms with Gasteiger partial charge in [0.25, 0.3) is 10.1 Å². The summed E-state index contributed by atoms with van der Waals surface area (Å²) in [5.74, 6) is -0.750. The van der Waals surface area contributed by atoms with Crippen molar-refractivity contribution in [1.29, 1.82) is 0 Å². The molecule has 0 spiro atoms. The molecule has 0 atom stereocenters. The maximum Gasteiger partial charge on any atom is 0.416 e. The van der Waals surface area contributed by atoms with E-state index < -0.39 is 32.7 Å². The number of rotatable bonds is 4. The summed E-state index contributed by atoms with van der Waals surface area (Å²) in [5.41, 5.74) is 0.0743. The van der Waals surface area contributed by atoms with Crippen LogP contribution in [0.25, 0.3) is 0 Å². The molecule has 3 aromatic carbocycles. The molecule has 140 valence electrons. The van der Waals surface area contributed by atoms with Gasteiger partial charge in [-0.1, -0.05) is 66.7 Å². The average molecular weight is 392 g/mol. The van der Waals surface area contributed by atoms with Crippen LogP contribution in [0.4, 0.5) is 13.2 Å². The predicted molar refractivity (Wildman–Crippen MR) is 95.1 cm³/mol. The van der Waals surface area contributed by atoms with Crippen LogP contribution in [0.2, 0.25) is 0 Å². The van der Waals surface area contributed by atoms with Gasteiger partial charge >= 0.3 is 6.18 Å². The summed E-state index contributed by atoms with van der Waals surface area (Å²) in [7, 11) is -4.76. The van der Waals surface area contributed by atoms with Crippen LogP contribution < -0.4 is 0 Å². The number of hydrogen-bond acceptors (Lipinski definition) is 2. The fourth-order valence-electron chi connectivity index (χ4n) is 3.04. The van der Waals surface area contributed by atoms with Crippen molar-refractivity contribution in [2.75, 3.05) is 0 Å². The first-order chi connectivity index (χ1) is 12.7. The third-order valence-corrected chi connectivity index (χ3v) is 5.05. The van der Waals surface area contributed by atoms with Gasteiger partial charge in [-0.2, -0.15) is 21.6 Å². The summed E-state index contributed by atoms with van der Waals surface area (Å²) in [5, 5.41) is 0. The first kappa shape index (κ1) is 19.1. The molecule has 3 aromatic rings. The lowest BCUT2D eigenvalue weighted by Crippen LogP contribution is -2.15. The lowest BCUT2D eigenvalue weighted by atomic mass is 9.83. The fourth-order valence-corrected chi connectivity index (χ4v) is 3.54. The maximum absolute atomic E-state index is 13.7. The smallest absolute Gasteiger partial charge is 0.282 e. The Morgan fingerprint density at radius 1 is 0.778 bits per heavy atom. The molecule has 3 nitrogen and oxygen atoms in total. The Labute approximate surface area is 154 Å². The number of benzene rings is 3. The zero-order valence-corrected chi connectivity index (χ0v) is 14.7. The van der Waals surface area contributed by atoms with Gasteiger partial charge in [0, 0.05) is 5.92 Å². The Morgan fingerprint density at radius 2 is 1.26 bits per heavy atom. The summed E-state index contributed by atoms with van der Waals surface area (Å²) < 4.78 is 73.0. The largest absolute Gasteiger partial charge is 0.416 e. The molecule has 1 N–H and O–H groups in total. The lowest BCUT2D eigenvalue weighted by molar-refractivity contribution is -0.138. The molecule has 0 aliphatic rings. The van der Waals surface area contributed by atoms with Crippen LogP contribution in [0.15, 0.2) is 83.8 Å². The summed E-state index contributed by atoms with van der Waals surface area (Å²) in [6.07, 6.45) is -4.79. The molecular formula is C20H15F3O3S. The number of hydrogen-bond donors (Lipinski definition) is 1. The quantitative estimate of drug-likeness (QED) is 0.495. The third kappa shape index (κ3) is 4.20. The van der Waals surface area contributed by atoms with Crippen LogP contribution in [0.1, 0.15) is 28.2 Å². The van der Waals surface area contributed by atoms with Crippen LogP contribution in [-0.2, 0) is 16.3 Å². The summed E-state index contributed by atoms with van der Waals surface area (Å²) in [6.45, 7) is 0. The number of alkyl halides is 3. The van der Waals surface area contributed by atoms with Crippen LogP contribution in [-0.4, -0.2) is 13.0 Å². The Kier molecular flexibility index (Phi) is 5.08. The molecule has 0 fully saturated rings. The molecular weight excluding hydrogens is 377 g/mol. The molecule has 27 heavy (non-hydrogen) atoms. The van der Waals surface area contributed by atoms with Crippen LogP contribution in [0, 0.1) is 0 Å². The molecule has 0 saturated carbocycles. The summed E-state index contributed by atoms with van der Waals surface area (Å²) in [4.78, 5) is -0.793. The third-order valence-electron chi connectivity index (χ3n) is 4.20. The molecule has 0 bridgehead atoms. The fraction of sp³-hybridized carbons (Fsp3) is 0.100. The zero-order chi connectivity index (χ0) is 19.7. The SMILES string of the molecule is O=S(=O)(O)c1ccc(C(c2ccccc2)c2ccccc2)c(C(F)(F)F)c1. The summed E-state index contributed by atoms with van der Waals surface area (Å²) in [6, 6.07) is 19.9. The molecule has 0 aliphatic carbocycles. The topological polar surface area (TPSA) is 54.4 Å².